The number of thiophene rings is 1. The van der Waals surface area contributed by atoms with Gasteiger partial charge in [0.1, 0.15) is 6.61 Å². The Balaban J connectivity index is 2.74. The first-order valence-electron chi connectivity index (χ1n) is 5.12. The van der Waals surface area contributed by atoms with Crippen molar-refractivity contribution >= 4 is 17.2 Å². The van der Waals surface area contributed by atoms with Crippen molar-refractivity contribution in [3.05, 3.63) is 21.9 Å². The summed E-state index contributed by atoms with van der Waals surface area (Å²) < 4.78 is 0. The fourth-order valence-electron chi connectivity index (χ4n) is 1.30. The molecule has 0 aliphatic heterocycles. The van der Waals surface area contributed by atoms with Gasteiger partial charge in [-0.2, -0.15) is 0 Å². The van der Waals surface area contributed by atoms with Gasteiger partial charge in [-0.25, -0.2) is 0 Å². The van der Waals surface area contributed by atoms with Crippen LogP contribution in [0.5, 0.6) is 0 Å². The van der Waals surface area contributed by atoms with E-state index in [1.165, 1.54) is 11.3 Å². The Morgan fingerprint density at radius 2 is 2.38 bits per heavy atom. The van der Waals surface area contributed by atoms with Crippen LogP contribution >= 0.6 is 11.3 Å². The minimum atomic E-state index is -0.156. The van der Waals surface area contributed by atoms with E-state index in [4.69, 9.17) is 5.11 Å². The lowest BCUT2D eigenvalue weighted by molar-refractivity contribution is 0.0795. The zero-order valence-electron chi connectivity index (χ0n) is 9.49. The summed E-state index contributed by atoms with van der Waals surface area (Å²) in [5.41, 5.74) is 0.670. The van der Waals surface area contributed by atoms with Crippen molar-refractivity contribution < 1.29 is 9.90 Å². The first-order chi connectivity index (χ1) is 7.69. The van der Waals surface area contributed by atoms with Gasteiger partial charge in [0.05, 0.1) is 10.4 Å². The third kappa shape index (κ3) is 3.37. The average molecular weight is 237 g/mol. The van der Waals surface area contributed by atoms with Gasteiger partial charge in [-0.15, -0.1) is 11.3 Å². The molecule has 86 valence electrons. The van der Waals surface area contributed by atoms with E-state index in [0.29, 0.717) is 5.56 Å². The zero-order chi connectivity index (χ0) is 12.0. The molecule has 1 aromatic heterocycles. The number of hydrogen-bond donors (Lipinski definition) is 1. The molecule has 0 fully saturated rings. The fraction of sp³-hybridized carbons (Fsp3) is 0.417. The Labute approximate surface area is 99.7 Å². The van der Waals surface area contributed by atoms with Gasteiger partial charge in [0.25, 0.3) is 5.91 Å². The van der Waals surface area contributed by atoms with Crippen molar-refractivity contribution in [2.75, 3.05) is 20.2 Å². The van der Waals surface area contributed by atoms with E-state index >= 15 is 0 Å². The lowest BCUT2D eigenvalue weighted by atomic mass is 10.2. The minimum absolute atomic E-state index is 0.0233. The number of aliphatic hydroxyl groups is 1. The highest BCUT2D eigenvalue weighted by atomic mass is 32.1. The standard InChI is InChI=1S/C12H15NO2S/c1-3-6-13(2)12(15)10-8-11(16-9-10)5-4-7-14/h8-9,14H,3,6-7H2,1-2H3. The Morgan fingerprint density at radius 3 is 3.00 bits per heavy atom. The monoisotopic (exact) mass is 237 g/mol. The van der Waals surface area contributed by atoms with Crippen molar-refractivity contribution in [3.8, 4) is 11.8 Å². The summed E-state index contributed by atoms with van der Waals surface area (Å²) in [5, 5.41) is 10.4. The van der Waals surface area contributed by atoms with Crippen molar-refractivity contribution in [2.24, 2.45) is 0 Å². The van der Waals surface area contributed by atoms with Gasteiger partial charge in [-0.3, -0.25) is 4.79 Å². The van der Waals surface area contributed by atoms with Gasteiger partial charge in [0, 0.05) is 19.0 Å². The van der Waals surface area contributed by atoms with E-state index in [9.17, 15) is 4.79 Å². The molecule has 0 spiro atoms. The highest BCUT2D eigenvalue weighted by molar-refractivity contribution is 7.10. The van der Waals surface area contributed by atoms with Crippen molar-refractivity contribution in [3.63, 3.8) is 0 Å². The molecular formula is C12H15NO2S. The molecule has 0 aromatic carbocycles. The predicted molar refractivity (Wildman–Crippen MR) is 65.5 cm³/mol. The molecule has 0 atom stereocenters. The molecule has 0 saturated heterocycles. The third-order valence-electron chi connectivity index (χ3n) is 2.04. The number of nitrogens with zero attached hydrogens (tertiary/aromatic N) is 1. The molecule has 1 rings (SSSR count). The van der Waals surface area contributed by atoms with Gasteiger partial charge >= 0.3 is 0 Å². The maximum atomic E-state index is 11.9. The maximum Gasteiger partial charge on any atom is 0.254 e. The topological polar surface area (TPSA) is 40.5 Å². The Kier molecular flexibility index (Phi) is 5.03. The van der Waals surface area contributed by atoms with Crippen LogP contribution in [0.1, 0.15) is 28.6 Å². The summed E-state index contributed by atoms with van der Waals surface area (Å²) in [7, 11) is 1.79. The van der Waals surface area contributed by atoms with Gasteiger partial charge < -0.3 is 10.0 Å². The normalized spacial score (nSPS) is 9.44. The number of carbonyl (C=O) groups excluding carboxylic acids is 1. The van der Waals surface area contributed by atoms with Gasteiger partial charge in [0.2, 0.25) is 0 Å². The van der Waals surface area contributed by atoms with Crippen molar-refractivity contribution in [1.82, 2.24) is 4.90 Å². The molecule has 0 radical (unpaired) electrons. The van der Waals surface area contributed by atoms with Crippen LogP contribution in [0.2, 0.25) is 0 Å². The van der Waals surface area contributed by atoms with Crippen molar-refractivity contribution in [1.29, 1.82) is 0 Å². The van der Waals surface area contributed by atoms with Crippen LogP contribution in [0.4, 0.5) is 0 Å². The molecule has 1 N–H and O–H groups in total. The van der Waals surface area contributed by atoms with Crippen molar-refractivity contribution in [2.45, 2.75) is 13.3 Å². The molecule has 0 aliphatic carbocycles. The highest BCUT2D eigenvalue weighted by Gasteiger charge is 2.12. The van der Waals surface area contributed by atoms with Crippen LogP contribution < -0.4 is 0 Å². The van der Waals surface area contributed by atoms with E-state index in [1.54, 1.807) is 23.4 Å². The van der Waals surface area contributed by atoms with E-state index in [0.717, 1.165) is 17.8 Å². The van der Waals surface area contributed by atoms with Crippen LogP contribution in [0.25, 0.3) is 0 Å². The summed E-state index contributed by atoms with van der Waals surface area (Å²) in [4.78, 5) is 14.4. The van der Waals surface area contributed by atoms with Gasteiger partial charge in [0.15, 0.2) is 0 Å². The SMILES string of the molecule is CCCN(C)C(=O)c1csc(C#CCO)c1. The molecule has 1 heterocycles. The van der Waals surface area contributed by atoms with E-state index in [2.05, 4.69) is 11.8 Å². The molecule has 0 unspecified atom stereocenters. The van der Waals surface area contributed by atoms with Crippen LogP contribution in [-0.2, 0) is 0 Å². The molecule has 0 bridgehead atoms. The molecule has 4 heteroatoms. The van der Waals surface area contributed by atoms with E-state index in [1.807, 2.05) is 6.92 Å². The molecule has 16 heavy (non-hydrogen) atoms. The zero-order valence-corrected chi connectivity index (χ0v) is 10.3. The number of rotatable bonds is 3. The lowest BCUT2D eigenvalue weighted by Crippen LogP contribution is -2.26. The molecule has 3 nitrogen and oxygen atoms in total. The lowest BCUT2D eigenvalue weighted by Gasteiger charge is -2.14. The Morgan fingerprint density at radius 1 is 1.62 bits per heavy atom. The summed E-state index contributed by atoms with van der Waals surface area (Å²) in [6.45, 7) is 2.64. The number of carbonyl (C=O) groups is 1. The second kappa shape index (κ2) is 6.31. The molecule has 0 aliphatic rings. The second-order valence-electron chi connectivity index (χ2n) is 3.39. The van der Waals surface area contributed by atoms with Crippen LogP contribution in [-0.4, -0.2) is 36.1 Å². The molecular weight excluding hydrogens is 222 g/mol. The van der Waals surface area contributed by atoms with Crippen LogP contribution in [0, 0.1) is 11.8 Å². The quantitative estimate of drug-likeness (QED) is 0.811. The fourth-order valence-corrected chi connectivity index (χ4v) is 2.05. The predicted octanol–water partition coefficient (Wildman–Crippen LogP) is 1.57. The maximum absolute atomic E-state index is 11.9. The summed E-state index contributed by atoms with van der Waals surface area (Å²) >= 11 is 1.42. The number of amides is 1. The number of hydrogen-bond acceptors (Lipinski definition) is 3. The first-order valence-corrected chi connectivity index (χ1v) is 6.00. The van der Waals surface area contributed by atoms with Crippen LogP contribution in [0.3, 0.4) is 0 Å². The van der Waals surface area contributed by atoms with Gasteiger partial charge in [-0.05, 0) is 12.5 Å². The van der Waals surface area contributed by atoms with E-state index in [-0.39, 0.29) is 12.5 Å². The summed E-state index contributed by atoms with van der Waals surface area (Å²) in [5.74, 6) is 5.37. The molecule has 1 aromatic rings. The second-order valence-corrected chi connectivity index (χ2v) is 4.30. The Hall–Kier alpha value is -1.31. The highest BCUT2D eigenvalue weighted by Crippen LogP contribution is 2.15. The molecule has 1 amide bonds. The first kappa shape index (κ1) is 12.8. The van der Waals surface area contributed by atoms with Crippen LogP contribution in [0.15, 0.2) is 11.4 Å². The smallest absolute Gasteiger partial charge is 0.254 e. The number of aliphatic hydroxyl groups excluding tert-OH is 1. The third-order valence-corrected chi connectivity index (χ3v) is 2.89. The van der Waals surface area contributed by atoms with Gasteiger partial charge in [-0.1, -0.05) is 18.8 Å². The summed E-state index contributed by atoms with van der Waals surface area (Å²) in [6.07, 6.45) is 0.948. The molecule has 0 saturated carbocycles. The average Bonchev–Trinajstić information content (AvgIpc) is 2.74. The largest absolute Gasteiger partial charge is 0.384 e. The summed E-state index contributed by atoms with van der Waals surface area (Å²) in [6, 6.07) is 1.77. The Bertz CT molecular complexity index is 414. The minimum Gasteiger partial charge on any atom is -0.384 e. The van der Waals surface area contributed by atoms with E-state index < -0.39 is 0 Å².